The molecule has 0 radical (unpaired) electrons. The van der Waals surface area contributed by atoms with Crippen LogP contribution >= 0.6 is 11.6 Å². The Labute approximate surface area is 116 Å². The molecule has 0 spiro atoms. The highest BCUT2D eigenvalue weighted by Gasteiger charge is 2.32. The molecule has 0 bridgehead atoms. The number of sulfone groups is 1. The van der Waals surface area contributed by atoms with Gasteiger partial charge in [-0.15, -0.1) is 0 Å². The van der Waals surface area contributed by atoms with Crippen LogP contribution in [0, 0.1) is 0 Å². The van der Waals surface area contributed by atoms with Crippen LogP contribution in [0.3, 0.4) is 0 Å². The predicted octanol–water partition coefficient (Wildman–Crippen LogP) is 0.547. The molecule has 1 aromatic heterocycles. The molecule has 0 aliphatic carbocycles. The van der Waals surface area contributed by atoms with Crippen LogP contribution < -0.4 is 9.64 Å². The summed E-state index contributed by atoms with van der Waals surface area (Å²) in [5.41, 5.74) is 0. The first-order chi connectivity index (χ1) is 8.91. The van der Waals surface area contributed by atoms with Crippen molar-refractivity contribution >= 4 is 27.4 Å². The van der Waals surface area contributed by atoms with Crippen LogP contribution in [0.5, 0.6) is 6.01 Å². The van der Waals surface area contributed by atoms with Gasteiger partial charge in [-0.05, 0) is 24.9 Å². The Kier molecular flexibility index (Phi) is 4.10. The van der Waals surface area contributed by atoms with Gasteiger partial charge in [0.25, 0.3) is 0 Å². The van der Waals surface area contributed by atoms with Gasteiger partial charge in [0.1, 0.15) is 0 Å². The average Bonchev–Trinajstić information content (AvgIpc) is 2.68. The highest BCUT2D eigenvalue weighted by Crippen LogP contribution is 2.22. The molecular formula is C10H15ClN4O3S. The van der Waals surface area contributed by atoms with Crippen molar-refractivity contribution in [2.75, 3.05) is 30.1 Å². The van der Waals surface area contributed by atoms with Crippen LogP contribution in [-0.2, 0) is 9.84 Å². The van der Waals surface area contributed by atoms with Crippen molar-refractivity contribution in [3.8, 4) is 6.01 Å². The minimum atomic E-state index is -2.96. The maximum Gasteiger partial charge on any atom is 0.322 e. The summed E-state index contributed by atoms with van der Waals surface area (Å²) in [6, 6.07) is 0.00291. The standard InChI is InChI=1S/C10H15ClN4O3S/c1-3-18-10-13-8(11)12-9(14-10)15(2)7-4-5-19(16,17)6-7/h7H,3-6H2,1-2H3. The van der Waals surface area contributed by atoms with Crippen molar-refractivity contribution in [1.82, 2.24) is 15.0 Å². The Morgan fingerprint density at radius 3 is 2.74 bits per heavy atom. The van der Waals surface area contributed by atoms with Crippen LogP contribution in [-0.4, -0.2) is 54.6 Å². The summed E-state index contributed by atoms with van der Waals surface area (Å²) in [7, 11) is -1.21. The van der Waals surface area contributed by atoms with Gasteiger partial charge in [0.05, 0.1) is 18.1 Å². The molecule has 2 heterocycles. The predicted molar refractivity (Wildman–Crippen MR) is 71.5 cm³/mol. The lowest BCUT2D eigenvalue weighted by Gasteiger charge is -2.23. The number of aromatic nitrogens is 3. The monoisotopic (exact) mass is 306 g/mol. The molecule has 106 valence electrons. The van der Waals surface area contributed by atoms with Gasteiger partial charge in [-0.2, -0.15) is 15.0 Å². The first-order valence-electron chi connectivity index (χ1n) is 5.89. The molecule has 1 unspecified atom stereocenters. The van der Waals surface area contributed by atoms with E-state index in [1.165, 1.54) is 0 Å². The smallest absolute Gasteiger partial charge is 0.322 e. The largest absolute Gasteiger partial charge is 0.464 e. The van der Waals surface area contributed by atoms with Crippen LogP contribution in [0.15, 0.2) is 0 Å². The second-order valence-corrected chi connectivity index (χ2v) is 6.85. The number of rotatable bonds is 4. The van der Waals surface area contributed by atoms with Crippen molar-refractivity contribution in [3.63, 3.8) is 0 Å². The molecule has 19 heavy (non-hydrogen) atoms. The zero-order valence-electron chi connectivity index (χ0n) is 10.7. The second-order valence-electron chi connectivity index (χ2n) is 4.29. The molecule has 0 N–H and O–H groups in total. The van der Waals surface area contributed by atoms with Crippen LogP contribution in [0.25, 0.3) is 0 Å². The quantitative estimate of drug-likeness (QED) is 0.803. The molecule has 1 saturated heterocycles. The van der Waals surface area contributed by atoms with Crippen LogP contribution in [0.4, 0.5) is 5.95 Å². The lowest BCUT2D eigenvalue weighted by atomic mass is 10.2. The Morgan fingerprint density at radius 2 is 2.16 bits per heavy atom. The Hall–Kier alpha value is -1.15. The van der Waals surface area contributed by atoms with Gasteiger partial charge in [-0.3, -0.25) is 0 Å². The zero-order chi connectivity index (χ0) is 14.0. The van der Waals surface area contributed by atoms with E-state index in [1.54, 1.807) is 11.9 Å². The average molecular weight is 307 g/mol. The Morgan fingerprint density at radius 1 is 1.42 bits per heavy atom. The SMILES string of the molecule is CCOc1nc(Cl)nc(N(C)C2CCS(=O)(=O)C2)n1. The second kappa shape index (κ2) is 5.46. The number of anilines is 1. The summed E-state index contributed by atoms with van der Waals surface area (Å²) in [6.07, 6.45) is 0.562. The molecule has 1 atom stereocenters. The van der Waals surface area contributed by atoms with E-state index >= 15 is 0 Å². The van der Waals surface area contributed by atoms with E-state index in [9.17, 15) is 8.42 Å². The number of nitrogens with zero attached hydrogens (tertiary/aromatic N) is 4. The zero-order valence-corrected chi connectivity index (χ0v) is 12.3. The molecule has 7 nitrogen and oxygen atoms in total. The fourth-order valence-electron chi connectivity index (χ4n) is 1.92. The number of hydrogen-bond donors (Lipinski definition) is 0. The summed E-state index contributed by atoms with van der Waals surface area (Å²) in [6.45, 7) is 2.23. The van der Waals surface area contributed by atoms with Gasteiger partial charge < -0.3 is 9.64 Å². The Bertz CT molecular complexity index is 566. The van der Waals surface area contributed by atoms with Gasteiger partial charge in [0.15, 0.2) is 9.84 Å². The van der Waals surface area contributed by atoms with Crippen molar-refractivity contribution in [2.24, 2.45) is 0 Å². The van der Waals surface area contributed by atoms with E-state index in [-0.39, 0.29) is 28.8 Å². The fraction of sp³-hybridized carbons (Fsp3) is 0.700. The lowest BCUT2D eigenvalue weighted by molar-refractivity contribution is 0.311. The van der Waals surface area contributed by atoms with Gasteiger partial charge in [0.2, 0.25) is 11.2 Å². The fourth-order valence-corrected chi connectivity index (χ4v) is 3.84. The Balaban J connectivity index is 2.21. The summed E-state index contributed by atoms with van der Waals surface area (Å²) >= 11 is 5.81. The third-order valence-corrected chi connectivity index (χ3v) is 4.84. The van der Waals surface area contributed by atoms with E-state index < -0.39 is 9.84 Å². The normalized spacial score (nSPS) is 21.3. The van der Waals surface area contributed by atoms with Crippen molar-refractivity contribution in [2.45, 2.75) is 19.4 Å². The number of halogens is 1. The van der Waals surface area contributed by atoms with Crippen molar-refractivity contribution in [1.29, 1.82) is 0 Å². The minimum absolute atomic E-state index is 0.0288. The molecule has 0 aromatic carbocycles. The molecule has 1 aromatic rings. The van der Waals surface area contributed by atoms with Crippen molar-refractivity contribution < 1.29 is 13.2 Å². The summed E-state index contributed by atoms with van der Waals surface area (Å²) in [4.78, 5) is 13.7. The molecule has 9 heteroatoms. The summed E-state index contributed by atoms with van der Waals surface area (Å²) < 4.78 is 28.2. The van der Waals surface area contributed by atoms with Gasteiger partial charge in [0, 0.05) is 13.1 Å². The van der Waals surface area contributed by atoms with E-state index in [0.29, 0.717) is 19.0 Å². The highest BCUT2D eigenvalue weighted by molar-refractivity contribution is 7.91. The van der Waals surface area contributed by atoms with Gasteiger partial charge in [-0.1, -0.05) is 0 Å². The van der Waals surface area contributed by atoms with Gasteiger partial charge >= 0.3 is 6.01 Å². The molecule has 0 saturated carbocycles. The summed E-state index contributed by atoms with van der Waals surface area (Å²) in [5.74, 6) is 0.626. The first-order valence-corrected chi connectivity index (χ1v) is 8.09. The molecule has 1 aliphatic rings. The maximum absolute atomic E-state index is 11.5. The third kappa shape index (κ3) is 3.44. The molecule has 1 fully saturated rings. The van der Waals surface area contributed by atoms with E-state index in [0.717, 1.165) is 0 Å². The highest BCUT2D eigenvalue weighted by atomic mass is 35.5. The van der Waals surface area contributed by atoms with Gasteiger partial charge in [-0.25, -0.2) is 8.42 Å². The van der Waals surface area contributed by atoms with E-state index in [4.69, 9.17) is 16.3 Å². The summed E-state index contributed by atoms with van der Waals surface area (Å²) in [5, 5.41) is 0.0288. The molecule has 0 amide bonds. The van der Waals surface area contributed by atoms with E-state index in [2.05, 4.69) is 15.0 Å². The lowest BCUT2D eigenvalue weighted by Crippen LogP contribution is -2.34. The molecule has 1 aliphatic heterocycles. The minimum Gasteiger partial charge on any atom is -0.464 e. The topological polar surface area (TPSA) is 85.3 Å². The molecule has 2 rings (SSSR count). The third-order valence-electron chi connectivity index (χ3n) is 2.92. The number of hydrogen-bond acceptors (Lipinski definition) is 7. The van der Waals surface area contributed by atoms with Crippen LogP contribution in [0.2, 0.25) is 5.28 Å². The first kappa shape index (κ1) is 14.3. The van der Waals surface area contributed by atoms with E-state index in [1.807, 2.05) is 6.92 Å². The number of ether oxygens (including phenoxy) is 1. The van der Waals surface area contributed by atoms with Crippen LogP contribution in [0.1, 0.15) is 13.3 Å². The van der Waals surface area contributed by atoms with Crippen molar-refractivity contribution in [3.05, 3.63) is 5.28 Å². The maximum atomic E-state index is 11.5. The molecular weight excluding hydrogens is 292 g/mol.